The summed E-state index contributed by atoms with van der Waals surface area (Å²) < 4.78 is 10.5. The standard InChI is InChI=1S/C15H25NO4/c1-2-19-11-13(17)10-16-7-3-5-12(16)9-14(18)15-6-4-8-20-15/h4,6,8,12-14,17-18H,2-3,5,7,9-11H2,1H3. The monoisotopic (exact) mass is 283 g/mol. The Morgan fingerprint density at radius 2 is 2.35 bits per heavy atom. The van der Waals surface area contributed by atoms with Crippen molar-refractivity contribution in [3.63, 3.8) is 0 Å². The number of aliphatic hydroxyl groups is 2. The predicted octanol–water partition coefficient (Wildman–Crippen LogP) is 1.56. The van der Waals surface area contributed by atoms with E-state index in [2.05, 4.69) is 4.90 Å². The van der Waals surface area contributed by atoms with Gasteiger partial charge in [0.1, 0.15) is 11.9 Å². The molecule has 3 atom stereocenters. The fourth-order valence-electron chi connectivity index (χ4n) is 2.83. The van der Waals surface area contributed by atoms with Crippen LogP contribution in [0.3, 0.4) is 0 Å². The second-order valence-corrected chi connectivity index (χ2v) is 5.37. The first-order valence-corrected chi connectivity index (χ1v) is 7.42. The molecule has 20 heavy (non-hydrogen) atoms. The molecule has 5 heteroatoms. The third-order valence-electron chi connectivity index (χ3n) is 3.83. The van der Waals surface area contributed by atoms with E-state index in [-0.39, 0.29) is 0 Å². The summed E-state index contributed by atoms with van der Waals surface area (Å²) in [6.45, 7) is 4.50. The molecular weight excluding hydrogens is 258 g/mol. The summed E-state index contributed by atoms with van der Waals surface area (Å²) in [7, 11) is 0. The summed E-state index contributed by atoms with van der Waals surface area (Å²) in [6, 6.07) is 3.89. The quantitative estimate of drug-likeness (QED) is 0.758. The number of ether oxygens (including phenoxy) is 1. The Balaban J connectivity index is 1.81. The number of rotatable bonds is 8. The first kappa shape index (κ1) is 15.5. The van der Waals surface area contributed by atoms with Gasteiger partial charge in [0.05, 0.1) is 19.0 Å². The summed E-state index contributed by atoms with van der Waals surface area (Å²) in [5.41, 5.74) is 0. The number of furan rings is 1. The summed E-state index contributed by atoms with van der Waals surface area (Å²) in [6.07, 6.45) is 3.36. The van der Waals surface area contributed by atoms with Gasteiger partial charge in [-0.2, -0.15) is 0 Å². The molecule has 1 saturated heterocycles. The van der Waals surface area contributed by atoms with Gasteiger partial charge in [-0.25, -0.2) is 0 Å². The van der Waals surface area contributed by atoms with Crippen LogP contribution in [0.5, 0.6) is 0 Å². The first-order chi connectivity index (χ1) is 9.70. The van der Waals surface area contributed by atoms with Gasteiger partial charge in [-0.05, 0) is 44.9 Å². The summed E-state index contributed by atoms with van der Waals surface area (Å²) >= 11 is 0. The van der Waals surface area contributed by atoms with Crippen molar-refractivity contribution in [2.75, 3.05) is 26.3 Å². The van der Waals surface area contributed by atoms with Crippen molar-refractivity contribution in [3.05, 3.63) is 24.2 Å². The van der Waals surface area contributed by atoms with E-state index in [9.17, 15) is 10.2 Å². The molecule has 1 aromatic rings. The maximum Gasteiger partial charge on any atom is 0.132 e. The largest absolute Gasteiger partial charge is 0.467 e. The molecule has 1 aromatic heterocycles. The van der Waals surface area contributed by atoms with Crippen LogP contribution in [-0.2, 0) is 4.74 Å². The molecule has 0 aliphatic carbocycles. The zero-order chi connectivity index (χ0) is 14.4. The van der Waals surface area contributed by atoms with Crippen LogP contribution in [0.1, 0.15) is 38.1 Å². The lowest BCUT2D eigenvalue weighted by molar-refractivity contribution is 0.0129. The van der Waals surface area contributed by atoms with Crippen LogP contribution in [-0.4, -0.2) is 53.6 Å². The summed E-state index contributed by atoms with van der Waals surface area (Å²) in [5.74, 6) is 0.617. The molecule has 2 rings (SSSR count). The van der Waals surface area contributed by atoms with Crippen LogP contribution in [0.15, 0.2) is 22.8 Å². The zero-order valence-electron chi connectivity index (χ0n) is 12.1. The highest BCUT2D eigenvalue weighted by atomic mass is 16.5. The second-order valence-electron chi connectivity index (χ2n) is 5.37. The van der Waals surface area contributed by atoms with Gasteiger partial charge < -0.3 is 19.4 Å². The Labute approximate surface area is 120 Å². The Morgan fingerprint density at radius 3 is 3.05 bits per heavy atom. The fourth-order valence-corrected chi connectivity index (χ4v) is 2.83. The second kappa shape index (κ2) is 7.78. The molecule has 1 fully saturated rings. The number of β-amino-alcohol motifs (C(OH)–C–C–N with tert-alkyl or cyclic N) is 1. The highest BCUT2D eigenvalue weighted by molar-refractivity contribution is 5.02. The van der Waals surface area contributed by atoms with E-state index in [1.165, 1.54) is 0 Å². The van der Waals surface area contributed by atoms with Gasteiger partial charge in [-0.3, -0.25) is 4.90 Å². The molecule has 1 aliphatic heterocycles. The Bertz CT molecular complexity index is 368. The van der Waals surface area contributed by atoms with E-state index in [4.69, 9.17) is 9.15 Å². The van der Waals surface area contributed by atoms with E-state index < -0.39 is 12.2 Å². The lowest BCUT2D eigenvalue weighted by atomic mass is 10.0. The third-order valence-corrected chi connectivity index (χ3v) is 3.83. The van der Waals surface area contributed by atoms with Crippen LogP contribution in [0.25, 0.3) is 0 Å². The molecule has 5 nitrogen and oxygen atoms in total. The van der Waals surface area contributed by atoms with Gasteiger partial charge in [-0.1, -0.05) is 0 Å². The number of aliphatic hydroxyl groups excluding tert-OH is 2. The maximum atomic E-state index is 10.2. The molecule has 0 aromatic carbocycles. The minimum atomic E-state index is -0.570. The highest BCUT2D eigenvalue weighted by Gasteiger charge is 2.29. The van der Waals surface area contributed by atoms with E-state index >= 15 is 0 Å². The Morgan fingerprint density at radius 1 is 1.50 bits per heavy atom. The number of nitrogens with zero attached hydrogens (tertiary/aromatic N) is 1. The lowest BCUT2D eigenvalue weighted by Gasteiger charge is -2.27. The number of likely N-dealkylation sites (tertiary alicyclic amines) is 1. The minimum Gasteiger partial charge on any atom is -0.467 e. The highest BCUT2D eigenvalue weighted by Crippen LogP contribution is 2.27. The van der Waals surface area contributed by atoms with Crippen LogP contribution in [0.4, 0.5) is 0 Å². The normalized spacial score (nSPS) is 23.1. The number of hydrogen-bond donors (Lipinski definition) is 2. The fraction of sp³-hybridized carbons (Fsp3) is 0.733. The lowest BCUT2D eigenvalue weighted by Crippen LogP contribution is -2.38. The molecule has 114 valence electrons. The van der Waals surface area contributed by atoms with Crippen molar-refractivity contribution in [2.24, 2.45) is 0 Å². The Kier molecular flexibility index (Phi) is 6.04. The van der Waals surface area contributed by atoms with Gasteiger partial charge >= 0.3 is 0 Å². The van der Waals surface area contributed by atoms with Crippen LogP contribution in [0.2, 0.25) is 0 Å². The van der Waals surface area contributed by atoms with Crippen molar-refractivity contribution in [2.45, 2.75) is 44.4 Å². The molecule has 0 saturated carbocycles. The Hall–Kier alpha value is -0.880. The molecule has 0 bridgehead atoms. The summed E-state index contributed by atoms with van der Waals surface area (Å²) in [4.78, 5) is 2.25. The van der Waals surface area contributed by atoms with Crippen molar-refractivity contribution >= 4 is 0 Å². The molecule has 1 aliphatic rings. The summed E-state index contributed by atoms with van der Waals surface area (Å²) in [5, 5.41) is 20.1. The SMILES string of the molecule is CCOCC(O)CN1CCCC1CC(O)c1ccco1. The van der Waals surface area contributed by atoms with E-state index in [0.717, 1.165) is 19.4 Å². The van der Waals surface area contributed by atoms with Gasteiger partial charge in [0.25, 0.3) is 0 Å². The van der Waals surface area contributed by atoms with Gasteiger partial charge in [0, 0.05) is 19.2 Å². The van der Waals surface area contributed by atoms with E-state index in [0.29, 0.717) is 38.0 Å². The van der Waals surface area contributed by atoms with Crippen molar-refractivity contribution in [3.8, 4) is 0 Å². The van der Waals surface area contributed by atoms with E-state index in [1.807, 2.05) is 6.92 Å². The molecular formula is C15H25NO4. The molecule has 0 radical (unpaired) electrons. The first-order valence-electron chi connectivity index (χ1n) is 7.42. The maximum absolute atomic E-state index is 10.2. The molecule has 0 spiro atoms. The average molecular weight is 283 g/mol. The molecule has 0 amide bonds. The smallest absolute Gasteiger partial charge is 0.132 e. The van der Waals surface area contributed by atoms with Crippen molar-refractivity contribution in [1.82, 2.24) is 4.90 Å². The third kappa shape index (κ3) is 4.31. The van der Waals surface area contributed by atoms with Crippen molar-refractivity contribution in [1.29, 1.82) is 0 Å². The minimum absolute atomic E-state index is 0.298. The van der Waals surface area contributed by atoms with Crippen molar-refractivity contribution < 1.29 is 19.4 Å². The number of hydrogen-bond acceptors (Lipinski definition) is 5. The average Bonchev–Trinajstić information content (AvgIpc) is 3.08. The zero-order valence-corrected chi connectivity index (χ0v) is 12.1. The van der Waals surface area contributed by atoms with E-state index in [1.54, 1.807) is 18.4 Å². The van der Waals surface area contributed by atoms with Gasteiger partial charge in [-0.15, -0.1) is 0 Å². The molecule has 2 heterocycles. The molecule has 3 unspecified atom stereocenters. The van der Waals surface area contributed by atoms with Crippen LogP contribution < -0.4 is 0 Å². The van der Waals surface area contributed by atoms with Gasteiger partial charge in [0.2, 0.25) is 0 Å². The topological polar surface area (TPSA) is 66.1 Å². The van der Waals surface area contributed by atoms with Crippen LogP contribution >= 0.6 is 0 Å². The predicted molar refractivity (Wildman–Crippen MR) is 75.4 cm³/mol. The van der Waals surface area contributed by atoms with Gasteiger partial charge in [0.15, 0.2) is 0 Å². The molecule has 2 N–H and O–H groups in total. The van der Waals surface area contributed by atoms with Crippen LogP contribution in [0, 0.1) is 0 Å².